The lowest BCUT2D eigenvalue weighted by Gasteiger charge is -2.31. The monoisotopic (exact) mass is 338 g/mol. The number of para-hydroxylation sites is 1. The van der Waals surface area contributed by atoms with Crippen molar-refractivity contribution < 1.29 is 14.6 Å². The van der Waals surface area contributed by atoms with Gasteiger partial charge in [-0.25, -0.2) is 4.79 Å². The predicted molar refractivity (Wildman–Crippen MR) is 95.8 cm³/mol. The molecule has 5 nitrogen and oxygen atoms in total. The van der Waals surface area contributed by atoms with Crippen molar-refractivity contribution in [3.8, 4) is 0 Å². The molecule has 1 saturated heterocycles. The summed E-state index contributed by atoms with van der Waals surface area (Å²) in [6.45, 7) is 5.95. The standard InChI is InChI=1S/C20H22N2O3/c23-20(24)15-5-6-16-12-21(14-18(16)11-15)13-17-3-1-2-4-19(17)22-7-9-25-10-8-22/h1-6,11H,7-10,12-14H2,(H,23,24). The first-order chi connectivity index (χ1) is 12.2. The molecule has 0 bridgehead atoms. The number of morpholine rings is 1. The number of carboxylic acid groups (broad SMARTS) is 1. The Hall–Kier alpha value is -2.37. The molecule has 0 aromatic heterocycles. The Morgan fingerprint density at radius 2 is 1.80 bits per heavy atom. The topological polar surface area (TPSA) is 53.0 Å². The third-order valence-corrected chi connectivity index (χ3v) is 4.98. The van der Waals surface area contributed by atoms with Crippen LogP contribution in [0.5, 0.6) is 0 Å². The van der Waals surface area contributed by atoms with Gasteiger partial charge in [-0.2, -0.15) is 0 Å². The molecule has 5 heteroatoms. The Balaban J connectivity index is 1.51. The summed E-state index contributed by atoms with van der Waals surface area (Å²) >= 11 is 0. The normalized spacial score (nSPS) is 17.5. The summed E-state index contributed by atoms with van der Waals surface area (Å²) in [4.78, 5) is 15.9. The molecule has 0 spiro atoms. The van der Waals surface area contributed by atoms with Crippen molar-refractivity contribution in [2.24, 2.45) is 0 Å². The van der Waals surface area contributed by atoms with Crippen molar-refractivity contribution in [2.75, 3.05) is 31.2 Å². The van der Waals surface area contributed by atoms with Crippen LogP contribution in [-0.4, -0.2) is 42.3 Å². The third-order valence-electron chi connectivity index (χ3n) is 4.98. The maximum absolute atomic E-state index is 11.2. The molecule has 0 unspecified atom stereocenters. The largest absolute Gasteiger partial charge is 0.478 e. The van der Waals surface area contributed by atoms with Gasteiger partial charge in [0.25, 0.3) is 0 Å². The Morgan fingerprint density at radius 3 is 2.60 bits per heavy atom. The summed E-state index contributed by atoms with van der Waals surface area (Å²) in [5, 5.41) is 9.17. The van der Waals surface area contributed by atoms with Gasteiger partial charge >= 0.3 is 5.97 Å². The fourth-order valence-corrected chi connectivity index (χ4v) is 3.71. The number of ether oxygens (including phenoxy) is 1. The van der Waals surface area contributed by atoms with Crippen molar-refractivity contribution in [3.05, 3.63) is 64.7 Å². The number of fused-ring (bicyclic) bond motifs is 1. The summed E-state index contributed by atoms with van der Waals surface area (Å²) in [6, 6.07) is 14.0. The fraction of sp³-hybridized carbons (Fsp3) is 0.350. The molecule has 2 heterocycles. The van der Waals surface area contributed by atoms with Crippen LogP contribution in [0, 0.1) is 0 Å². The van der Waals surface area contributed by atoms with Gasteiger partial charge in [0.15, 0.2) is 0 Å². The maximum Gasteiger partial charge on any atom is 0.335 e. The Labute approximate surface area is 147 Å². The minimum atomic E-state index is -0.862. The van der Waals surface area contributed by atoms with E-state index in [9.17, 15) is 4.79 Å². The zero-order valence-electron chi connectivity index (χ0n) is 14.1. The summed E-state index contributed by atoms with van der Waals surface area (Å²) in [5.74, 6) is -0.862. The summed E-state index contributed by atoms with van der Waals surface area (Å²) in [7, 11) is 0. The molecule has 4 rings (SSSR count). The van der Waals surface area contributed by atoms with Crippen molar-refractivity contribution in [1.82, 2.24) is 4.90 Å². The van der Waals surface area contributed by atoms with E-state index in [2.05, 4.69) is 34.1 Å². The number of carbonyl (C=O) groups is 1. The Kier molecular flexibility index (Phi) is 4.42. The number of hydrogen-bond acceptors (Lipinski definition) is 4. The molecule has 2 aliphatic rings. The number of hydrogen-bond donors (Lipinski definition) is 1. The van der Waals surface area contributed by atoms with E-state index >= 15 is 0 Å². The summed E-state index contributed by atoms with van der Waals surface area (Å²) < 4.78 is 5.47. The summed E-state index contributed by atoms with van der Waals surface area (Å²) in [6.07, 6.45) is 0. The first kappa shape index (κ1) is 16.1. The van der Waals surface area contributed by atoms with Gasteiger partial charge in [0.05, 0.1) is 18.8 Å². The van der Waals surface area contributed by atoms with Crippen LogP contribution in [0.25, 0.3) is 0 Å². The van der Waals surface area contributed by atoms with Gasteiger partial charge < -0.3 is 14.7 Å². The van der Waals surface area contributed by atoms with Crippen LogP contribution in [0.3, 0.4) is 0 Å². The molecule has 0 atom stereocenters. The van der Waals surface area contributed by atoms with E-state index in [0.717, 1.165) is 51.5 Å². The van der Waals surface area contributed by atoms with E-state index in [0.29, 0.717) is 5.56 Å². The first-order valence-electron chi connectivity index (χ1n) is 8.69. The second-order valence-electron chi connectivity index (χ2n) is 6.66. The molecule has 0 radical (unpaired) electrons. The van der Waals surface area contributed by atoms with Crippen LogP contribution in [0.4, 0.5) is 5.69 Å². The van der Waals surface area contributed by atoms with Crippen LogP contribution < -0.4 is 4.90 Å². The molecule has 1 N–H and O–H groups in total. The van der Waals surface area contributed by atoms with Crippen molar-refractivity contribution >= 4 is 11.7 Å². The van der Waals surface area contributed by atoms with Crippen LogP contribution in [-0.2, 0) is 24.4 Å². The lowest BCUT2D eigenvalue weighted by atomic mass is 10.1. The fourth-order valence-electron chi connectivity index (χ4n) is 3.71. The molecule has 2 aliphatic heterocycles. The number of aromatic carboxylic acids is 1. The first-order valence-corrected chi connectivity index (χ1v) is 8.69. The quantitative estimate of drug-likeness (QED) is 0.929. The lowest BCUT2D eigenvalue weighted by molar-refractivity contribution is 0.0696. The molecule has 1 fully saturated rings. The molecule has 130 valence electrons. The average Bonchev–Trinajstić information content (AvgIpc) is 3.04. The van der Waals surface area contributed by atoms with Crippen molar-refractivity contribution in [2.45, 2.75) is 19.6 Å². The van der Waals surface area contributed by atoms with Gasteiger partial charge in [-0.3, -0.25) is 4.90 Å². The third kappa shape index (κ3) is 3.38. The zero-order chi connectivity index (χ0) is 17.2. The van der Waals surface area contributed by atoms with E-state index < -0.39 is 5.97 Å². The highest BCUT2D eigenvalue weighted by molar-refractivity contribution is 5.88. The number of carboxylic acids is 1. The van der Waals surface area contributed by atoms with Crippen LogP contribution in [0.1, 0.15) is 27.0 Å². The van der Waals surface area contributed by atoms with E-state index in [1.165, 1.54) is 16.8 Å². The molecule has 2 aromatic carbocycles. The van der Waals surface area contributed by atoms with Crippen LogP contribution in [0.2, 0.25) is 0 Å². The minimum Gasteiger partial charge on any atom is -0.478 e. The van der Waals surface area contributed by atoms with Crippen molar-refractivity contribution in [3.63, 3.8) is 0 Å². The van der Waals surface area contributed by atoms with Gasteiger partial charge in [-0.05, 0) is 34.9 Å². The number of nitrogens with zero attached hydrogens (tertiary/aromatic N) is 2. The summed E-state index contributed by atoms with van der Waals surface area (Å²) in [5.41, 5.74) is 5.33. The molecular weight excluding hydrogens is 316 g/mol. The van der Waals surface area contributed by atoms with E-state index in [1.807, 2.05) is 12.1 Å². The molecule has 2 aromatic rings. The Bertz CT molecular complexity index is 784. The highest BCUT2D eigenvalue weighted by Crippen LogP contribution is 2.29. The SMILES string of the molecule is O=C(O)c1ccc2c(c1)CN(Cc1ccccc1N1CCOCC1)C2. The van der Waals surface area contributed by atoms with E-state index in [1.54, 1.807) is 6.07 Å². The smallest absolute Gasteiger partial charge is 0.335 e. The minimum absolute atomic E-state index is 0.370. The Morgan fingerprint density at radius 1 is 1.04 bits per heavy atom. The predicted octanol–water partition coefficient (Wildman–Crippen LogP) is 2.74. The lowest BCUT2D eigenvalue weighted by Crippen LogP contribution is -2.37. The molecule has 0 amide bonds. The van der Waals surface area contributed by atoms with Crippen LogP contribution in [0.15, 0.2) is 42.5 Å². The van der Waals surface area contributed by atoms with E-state index in [4.69, 9.17) is 9.84 Å². The molecule has 25 heavy (non-hydrogen) atoms. The number of anilines is 1. The second kappa shape index (κ2) is 6.86. The number of benzene rings is 2. The average molecular weight is 338 g/mol. The molecule has 0 saturated carbocycles. The maximum atomic E-state index is 11.2. The van der Waals surface area contributed by atoms with Gasteiger partial charge in [0.2, 0.25) is 0 Å². The van der Waals surface area contributed by atoms with Gasteiger partial charge in [-0.15, -0.1) is 0 Å². The zero-order valence-corrected chi connectivity index (χ0v) is 14.1. The molecule has 0 aliphatic carbocycles. The van der Waals surface area contributed by atoms with E-state index in [-0.39, 0.29) is 0 Å². The number of rotatable bonds is 4. The van der Waals surface area contributed by atoms with Crippen molar-refractivity contribution in [1.29, 1.82) is 0 Å². The van der Waals surface area contributed by atoms with Crippen LogP contribution >= 0.6 is 0 Å². The molecular formula is C20H22N2O3. The second-order valence-corrected chi connectivity index (χ2v) is 6.66. The van der Waals surface area contributed by atoms with Gasteiger partial charge in [-0.1, -0.05) is 24.3 Å². The highest BCUT2D eigenvalue weighted by Gasteiger charge is 2.22. The van der Waals surface area contributed by atoms with Gasteiger partial charge in [0, 0.05) is 38.4 Å². The highest BCUT2D eigenvalue weighted by atomic mass is 16.5. The van der Waals surface area contributed by atoms with Gasteiger partial charge in [0.1, 0.15) is 0 Å².